The third kappa shape index (κ3) is 4.73. The lowest BCUT2D eigenvalue weighted by Gasteiger charge is -2.28. The van der Waals surface area contributed by atoms with E-state index in [0.717, 1.165) is 93.5 Å². The molecule has 248 valence electrons. The molecule has 0 bridgehead atoms. The van der Waals surface area contributed by atoms with Crippen molar-refractivity contribution in [1.82, 2.24) is 4.98 Å². The molecule has 0 N–H and O–H groups in total. The van der Waals surface area contributed by atoms with Gasteiger partial charge in [-0.25, -0.2) is 4.98 Å². The highest BCUT2D eigenvalue weighted by molar-refractivity contribution is 6.27. The van der Waals surface area contributed by atoms with Crippen LogP contribution >= 0.6 is 0 Å². The van der Waals surface area contributed by atoms with Gasteiger partial charge in [-0.05, 0) is 93.3 Å². The van der Waals surface area contributed by atoms with E-state index < -0.39 is 0 Å². The molecule has 0 aliphatic carbocycles. The van der Waals surface area contributed by atoms with Crippen molar-refractivity contribution in [3.05, 3.63) is 182 Å². The number of aromatic nitrogens is 1. The summed E-state index contributed by atoms with van der Waals surface area (Å²) in [4.78, 5) is 7.50. The van der Waals surface area contributed by atoms with Crippen LogP contribution in [0.4, 0.5) is 17.1 Å². The number of anilines is 3. The Kier molecular flexibility index (Phi) is 6.52. The summed E-state index contributed by atoms with van der Waals surface area (Å²) < 4.78 is 12.6. The predicted octanol–water partition coefficient (Wildman–Crippen LogP) is 14.0. The molecule has 0 spiro atoms. The highest BCUT2D eigenvalue weighted by Gasteiger charge is 2.21. The molecule has 0 amide bonds. The van der Waals surface area contributed by atoms with Gasteiger partial charge in [0.15, 0.2) is 5.58 Å². The summed E-state index contributed by atoms with van der Waals surface area (Å²) in [6.07, 6.45) is 0. The summed E-state index contributed by atoms with van der Waals surface area (Å²) in [7, 11) is 0. The first kappa shape index (κ1) is 29.5. The molecule has 0 radical (unpaired) electrons. The predicted molar refractivity (Wildman–Crippen MR) is 219 cm³/mol. The Morgan fingerprint density at radius 3 is 1.89 bits per heavy atom. The zero-order valence-corrected chi connectivity index (χ0v) is 28.5. The van der Waals surface area contributed by atoms with Crippen molar-refractivity contribution >= 4 is 82.4 Å². The van der Waals surface area contributed by atoms with Crippen molar-refractivity contribution in [1.29, 1.82) is 0 Å². The Hall–Kier alpha value is -7.17. The van der Waals surface area contributed by atoms with Gasteiger partial charge in [0.2, 0.25) is 5.89 Å². The van der Waals surface area contributed by atoms with Gasteiger partial charge in [-0.2, -0.15) is 0 Å². The molecule has 11 aromatic rings. The van der Waals surface area contributed by atoms with Gasteiger partial charge in [-0.3, -0.25) is 0 Å². The van der Waals surface area contributed by atoms with Gasteiger partial charge >= 0.3 is 0 Å². The topological polar surface area (TPSA) is 42.4 Å². The number of hydrogen-bond donors (Lipinski definition) is 0. The summed E-state index contributed by atoms with van der Waals surface area (Å²) in [6, 6.07) is 64.0. The number of benzene rings is 9. The number of hydrogen-bond acceptors (Lipinski definition) is 4. The van der Waals surface area contributed by atoms with E-state index in [0.29, 0.717) is 5.89 Å². The summed E-state index contributed by atoms with van der Waals surface area (Å²) >= 11 is 0. The maximum Gasteiger partial charge on any atom is 0.227 e. The fraction of sp³-hybridized carbons (Fsp3) is 0. The summed E-state index contributed by atoms with van der Waals surface area (Å²) in [5, 5.41) is 9.02. The molecule has 53 heavy (non-hydrogen) atoms. The van der Waals surface area contributed by atoms with Crippen molar-refractivity contribution in [2.45, 2.75) is 0 Å². The van der Waals surface area contributed by atoms with Crippen LogP contribution in [0.3, 0.4) is 0 Å². The lowest BCUT2D eigenvalue weighted by molar-refractivity contribution is 0.620. The van der Waals surface area contributed by atoms with Crippen LogP contribution in [-0.4, -0.2) is 4.98 Å². The van der Waals surface area contributed by atoms with E-state index in [9.17, 15) is 0 Å². The standard InChI is InChI=1S/C49H30N2O2/c1-3-11-31(12-4-1)35-15-9-16-36(29-35)51(37-25-28-44-41(30-37)39-17-7-8-20-43(39)52-44)42-19-10-18-40-38(42)26-23-32-21-22-33-24-27-45-48(47(33)46(32)40)50-49(53-45)34-13-5-2-6-14-34/h1-30H. The van der Waals surface area contributed by atoms with E-state index >= 15 is 0 Å². The van der Waals surface area contributed by atoms with Crippen LogP contribution < -0.4 is 4.90 Å². The monoisotopic (exact) mass is 678 g/mol. The van der Waals surface area contributed by atoms with E-state index in [1.807, 2.05) is 48.5 Å². The molecule has 4 nitrogen and oxygen atoms in total. The van der Waals surface area contributed by atoms with Gasteiger partial charge in [0, 0.05) is 38.5 Å². The summed E-state index contributed by atoms with van der Waals surface area (Å²) in [6.45, 7) is 0. The minimum atomic E-state index is 0.623. The van der Waals surface area contributed by atoms with Gasteiger partial charge in [0.05, 0.1) is 5.69 Å². The lowest BCUT2D eigenvalue weighted by atomic mass is 9.94. The molecule has 9 aromatic carbocycles. The fourth-order valence-electron chi connectivity index (χ4n) is 8.00. The molecule has 0 saturated carbocycles. The normalized spacial score (nSPS) is 11.8. The first-order valence-electron chi connectivity index (χ1n) is 17.9. The Labute approximate surface area is 304 Å². The lowest BCUT2D eigenvalue weighted by Crippen LogP contribution is -2.10. The third-order valence-corrected chi connectivity index (χ3v) is 10.4. The van der Waals surface area contributed by atoms with Crippen molar-refractivity contribution in [3.63, 3.8) is 0 Å². The number of nitrogens with zero attached hydrogens (tertiary/aromatic N) is 2. The van der Waals surface area contributed by atoms with Crippen LogP contribution in [0.25, 0.3) is 87.9 Å². The van der Waals surface area contributed by atoms with Crippen molar-refractivity contribution in [2.75, 3.05) is 4.90 Å². The highest BCUT2D eigenvalue weighted by atomic mass is 16.3. The second kappa shape index (κ2) is 11.7. The second-order valence-corrected chi connectivity index (χ2v) is 13.5. The number of fused-ring (bicyclic) bond motifs is 10. The zero-order chi connectivity index (χ0) is 34.9. The number of para-hydroxylation sites is 1. The molecule has 0 fully saturated rings. The van der Waals surface area contributed by atoms with Gasteiger partial charge in [0.25, 0.3) is 0 Å². The molecule has 0 aliphatic heterocycles. The van der Waals surface area contributed by atoms with E-state index in [1.165, 1.54) is 5.56 Å². The molecule has 0 atom stereocenters. The van der Waals surface area contributed by atoms with E-state index in [4.69, 9.17) is 13.8 Å². The summed E-state index contributed by atoms with van der Waals surface area (Å²) in [5.74, 6) is 0.623. The maximum absolute atomic E-state index is 6.38. The van der Waals surface area contributed by atoms with Crippen molar-refractivity contribution in [2.24, 2.45) is 0 Å². The number of furan rings is 1. The third-order valence-electron chi connectivity index (χ3n) is 10.4. The van der Waals surface area contributed by atoms with E-state index in [1.54, 1.807) is 0 Å². The van der Waals surface area contributed by atoms with Crippen LogP contribution in [0.1, 0.15) is 0 Å². The molecule has 0 aliphatic rings. The quantitative estimate of drug-likeness (QED) is 0.170. The Morgan fingerprint density at radius 2 is 1.02 bits per heavy atom. The molecular formula is C49H30N2O2. The van der Waals surface area contributed by atoms with Gasteiger partial charge in [-0.1, -0.05) is 121 Å². The van der Waals surface area contributed by atoms with Crippen molar-refractivity contribution in [3.8, 4) is 22.6 Å². The van der Waals surface area contributed by atoms with Gasteiger partial charge < -0.3 is 13.7 Å². The van der Waals surface area contributed by atoms with Gasteiger partial charge in [-0.15, -0.1) is 0 Å². The molecule has 2 aromatic heterocycles. The molecular weight excluding hydrogens is 649 g/mol. The maximum atomic E-state index is 6.38. The molecule has 11 rings (SSSR count). The number of rotatable bonds is 5. The average molecular weight is 679 g/mol. The second-order valence-electron chi connectivity index (χ2n) is 13.5. The average Bonchev–Trinajstić information content (AvgIpc) is 3.84. The van der Waals surface area contributed by atoms with Crippen LogP contribution in [0.15, 0.2) is 191 Å². The van der Waals surface area contributed by atoms with Crippen LogP contribution in [0.2, 0.25) is 0 Å². The zero-order valence-electron chi connectivity index (χ0n) is 28.5. The molecule has 0 saturated heterocycles. The SMILES string of the molecule is c1ccc(-c2cccc(N(c3ccc4oc5ccccc5c4c3)c3cccc4c3ccc3ccc5ccc6oc(-c7ccccc7)nc6c5c34)c2)cc1. The number of oxazole rings is 1. The highest BCUT2D eigenvalue weighted by Crippen LogP contribution is 2.45. The van der Waals surface area contributed by atoms with Crippen LogP contribution in [0, 0.1) is 0 Å². The fourth-order valence-corrected chi connectivity index (χ4v) is 8.00. The largest absolute Gasteiger partial charge is 0.456 e. The Balaban J connectivity index is 1.19. The first-order valence-corrected chi connectivity index (χ1v) is 17.9. The molecule has 2 heterocycles. The minimum absolute atomic E-state index is 0.623. The smallest absolute Gasteiger partial charge is 0.227 e. The Bertz CT molecular complexity index is 3180. The summed E-state index contributed by atoms with van der Waals surface area (Å²) in [5.41, 5.74) is 9.88. The van der Waals surface area contributed by atoms with Crippen molar-refractivity contribution < 1.29 is 8.83 Å². The van der Waals surface area contributed by atoms with Gasteiger partial charge in [0.1, 0.15) is 16.7 Å². The van der Waals surface area contributed by atoms with E-state index in [-0.39, 0.29) is 0 Å². The van der Waals surface area contributed by atoms with Crippen LogP contribution in [-0.2, 0) is 0 Å². The molecule has 4 heteroatoms. The first-order chi connectivity index (χ1) is 26.3. The Morgan fingerprint density at radius 1 is 0.377 bits per heavy atom. The van der Waals surface area contributed by atoms with Crippen LogP contribution in [0.5, 0.6) is 0 Å². The van der Waals surface area contributed by atoms with E-state index in [2.05, 4.69) is 138 Å². The minimum Gasteiger partial charge on any atom is -0.456 e. The molecule has 0 unspecified atom stereocenters.